The average molecular weight is 401 g/mol. The van der Waals surface area contributed by atoms with E-state index in [1.165, 1.54) is 0 Å². The zero-order chi connectivity index (χ0) is 20.6. The number of esters is 1. The molecule has 3 rings (SSSR count). The first-order valence-electron chi connectivity index (χ1n) is 9.27. The van der Waals surface area contributed by atoms with Gasteiger partial charge in [-0.2, -0.15) is 0 Å². The summed E-state index contributed by atoms with van der Waals surface area (Å²) >= 11 is 0. The zero-order valence-electron chi connectivity index (χ0n) is 16.0. The molecule has 1 aliphatic heterocycles. The molecule has 2 N–H and O–H groups in total. The molecule has 0 bridgehead atoms. The highest BCUT2D eigenvalue weighted by atomic mass is 16.7. The molecule has 8 heteroatoms. The number of benzene rings is 2. The first-order chi connectivity index (χ1) is 14.1. The molecule has 0 aromatic heterocycles. The summed E-state index contributed by atoms with van der Waals surface area (Å²) in [4.78, 5) is 24.3. The van der Waals surface area contributed by atoms with Crippen LogP contribution in [0.4, 0.5) is 4.79 Å². The number of nitrogens with one attached hydrogen (secondary N) is 1. The van der Waals surface area contributed by atoms with Crippen LogP contribution < -0.4 is 14.8 Å². The van der Waals surface area contributed by atoms with Crippen LogP contribution in [0.3, 0.4) is 0 Å². The fourth-order valence-corrected chi connectivity index (χ4v) is 2.87. The molecule has 1 heterocycles. The van der Waals surface area contributed by atoms with Crippen LogP contribution in [0.15, 0.2) is 48.5 Å². The molecule has 0 aliphatic carbocycles. The molecular formula is C21H23NO7. The maximum absolute atomic E-state index is 12.4. The minimum atomic E-state index is -1.58. The fraction of sp³-hybridized carbons (Fsp3) is 0.333. The summed E-state index contributed by atoms with van der Waals surface area (Å²) < 4.78 is 20.7. The maximum atomic E-state index is 12.4. The Kier molecular flexibility index (Phi) is 6.91. The van der Waals surface area contributed by atoms with Crippen LogP contribution in [0, 0.1) is 0 Å². The van der Waals surface area contributed by atoms with Crippen LogP contribution in [0.2, 0.25) is 0 Å². The van der Waals surface area contributed by atoms with E-state index >= 15 is 0 Å². The van der Waals surface area contributed by atoms with E-state index in [1.807, 2.05) is 18.2 Å². The first kappa shape index (κ1) is 20.5. The molecule has 0 saturated heterocycles. The molecule has 0 fully saturated rings. The fourth-order valence-electron chi connectivity index (χ4n) is 2.87. The van der Waals surface area contributed by atoms with Gasteiger partial charge in [-0.05, 0) is 36.6 Å². The topological polar surface area (TPSA) is 103 Å². The molecule has 2 unspecified atom stereocenters. The van der Waals surface area contributed by atoms with Crippen LogP contribution >= 0.6 is 0 Å². The predicted molar refractivity (Wildman–Crippen MR) is 102 cm³/mol. The van der Waals surface area contributed by atoms with Crippen molar-refractivity contribution in [1.82, 2.24) is 5.32 Å². The number of carbonyl (C=O) groups excluding carboxylic acids is 2. The second kappa shape index (κ2) is 9.79. The predicted octanol–water partition coefficient (Wildman–Crippen LogP) is 2.18. The molecule has 2 aromatic carbocycles. The van der Waals surface area contributed by atoms with Gasteiger partial charge >= 0.3 is 12.1 Å². The molecule has 1 aliphatic rings. The Morgan fingerprint density at radius 3 is 2.59 bits per heavy atom. The number of aliphatic hydroxyl groups is 1. The summed E-state index contributed by atoms with van der Waals surface area (Å²) in [6, 6.07) is 13.4. The molecule has 2 atom stereocenters. The van der Waals surface area contributed by atoms with E-state index in [1.54, 1.807) is 37.3 Å². The number of aliphatic hydroxyl groups excluding tert-OH is 1. The summed E-state index contributed by atoms with van der Waals surface area (Å²) in [5, 5.41) is 13.1. The van der Waals surface area contributed by atoms with E-state index in [2.05, 4.69) is 5.32 Å². The Bertz CT molecular complexity index is 840. The van der Waals surface area contributed by atoms with Gasteiger partial charge in [0.2, 0.25) is 6.79 Å². The summed E-state index contributed by atoms with van der Waals surface area (Å²) in [5.41, 5.74) is 1.53. The van der Waals surface area contributed by atoms with E-state index < -0.39 is 24.2 Å². The maximum Gasteiger partial charge on any atom is 0.407 e. The second-order valence-corrected chi connectivity index (χ2v) is 6.40. The summed E-state index contributed by atoms with van der Waals surface area (Å²) in [7, 11) is 0. The van der Waals surface area contributed by atoms with Gasteiger partial charge in [0, 0.05) is 0 Å². The largest absolute Gasteiger partial charge is 0.459 e. The van der Waals surface area contributed by atoms with Crippen molar-refractivity contribution in [3.05, 3.63) is 59.7 Å². The summed E-state index contributed by atoms with van der Waals surface area (Å²) in [5.74, 6) is 0.349. The smallest absolute Gasteiger partial charge is 0.407 e. The highest BCUT2D eigenvalue weighted by Gasteiger charge is 2.30. The van der Waals surface area contributed by atoms with Crippen molar-refractivity contribution < 1.29 is 33.6 Å². The minimum Gasteiger partial charge on any atom is -0.459 e. The number of hydrogen-bond acceptors (Lipinski definition) is 7. The Labute approximate surface area is 168 Å². The van der Waals surface area contributed by atoms with E-state index in [9.17, 15) is 14.7 Å². The highest BCUT2D eigenvalue weighted by molar-refractivity contribution is 5.77. The lowest BCUT2D eigenvalue weighted by Gasteiger charge is -2.23. The molecule has 2 aromatic rings. The third-order valence-electron chi connectivity index (χ3n) is 4.32. The highest BCUT2D eigenvalue weighted by Crippen LogP contribution is 2.32. The Hall–Kier alpha value is -3.26. The van der Waals surface area contributed by atoms with Crippen LogP contribution in [-0.2, 0) is 27.3 Å². The monoisotopic (exact) mass is 401 g/mol. The van der Waals surface area contributed by atoms with Gasteiger partial charge in [-0.25, -0.2) is 9.59 Å². The summed E-state index contributed by atoms with van der Waals surface area (Å²) in [6.07, 6.45) is -2.14. The molecular weight excluding hydrogens is 378 g/mol. The van der Waals surface area contributed by atoms with Crippen LogP contribution in [0.25, 0.3) is 0 Å². The molecule has 0 spiro atoms. The van der Waals surface area contributed by atoms with Crippen molar-refractivity contribution >= 4 is 12.1 Å². The van der Waals surface area contributed by atoms with Gasteiger partial charge in [-0.3, -0.25) is 0 Å². The molecule has 154 valence electrons. The second-order valence-electron chi connectivity index (χ2n) is 6.40. The lowest BCUT2D eigenvalue weighted by Crippen LogP contribution is -2.49. The van der Waals surface area contributed by atoms with Crippen molar-refractivity contribution in [3.8, 4) is 11.5 Å². The molecule has 0 saturated carbocycles. The molecule has 1 amide bonds. The van der Waals surface area contributed by atoms with E-state index in [0.29, 0.717) is 11.5 Å². The number of carbonyl (C=O) groups is 2. The van der Waals surface area contributed by atoms with Gasteiger partial charge in [0.05, 0.1) is 12.6 Å². The Balaban J connectivity index is 1.67. The molecule has 0 radical (unpaired) electrons. The van der Waals surface area contributed by atoms with Crippen molar-refractivity contribution in [2.75, 3.05) is 13.4 Å². The van der Waals surface area contributed by atoms with Gasteiger partial charge in [-0.1, -0.05) is 36.4 Å². The number of fused-ring (bicyclic) bond motifs is 1. The number of amides is 1. The third kappa shape index (κ3) is 5.61. The van der Waals surface area contributed by atoms with Crippen molar-refractivity contribution in [3.63, 3.8) is 0 Å². The van der Waals surface area contributed by atoms with E-state index in [-0.39, 0.29) is 26.4 Å². The first-order valence-corrected chi connectivity index (χ1v) is 9.27. The van der Waals surface area contributed by atoms with Gasteiger partial charge in [0.1, 0.15) is 6.61 Å². The zero-order valence-corrected chi connectivity index (χ0v) is 16.0. The number of alkyl carbamates (subject to hydrolysis) is 1. The quantitative estimate of drug-likeness (QED) is 0.654. The van der Waals surface area contributed by atoms with Crippen LogP contribution in [0.1, 0.15) is 18.1 Å². The average Bonchev–Trinajstić information content (AvgIpc) is 3.20. The summed E-state index contributed by atoms with van der Waals surface area (Å²) in [6.45, 7) is 1.98. The normalized spacial score (nSPS) is 14.0. The van der Waals surface area contributed by atoms with Gasteiger partial charge < -0.3 is 29.4 Å². The van der Waals surface area contributed by atoms with Crippen LogP contribution in [0.5, 0.6) is 11.5 Å². The van der Waals surface area contributed by atoms with Crippen molar-refractivity contribution in [2.24, 2.45) is 0 Å². The van der Waals surface area contributed by atoms with Gasteiger partial charge in [0.15, 0.2) is 17.6 Å². The van der Waals surface area contributed by atoms with Gasteiger partial charge in [0.25, 0.3) is 0 Å². The lowest BCUT2D eigenvalue weighted by atomic mass is 10.0. The van der Waals surface area contributed by atoms with Crippen molar-refractivity contribution in [2.45, 2.75) is 32.1 Å². The van der Waals surface area contributed by atoms with Crippen LogP contribution in [-0.4, -0.2) is 42.7 Å². The number of ether oxygens (including phenoxy) is 4. The number of hydrogen-bond donors (Lipinski definition) is 2. The van der Waals surface area contributed by atoms with E-state index in [4.69, 9.17) is 18.9 Å². The molecule has 29 heavy (non-hydrogen) atoms. The number of rotatable bonds is 8. The standard InChI is InChI=1S/C21H23NO7/c1-2-26-21(25)22-16(10-15-8-9-17-18(11-15)29-13-28-17)19(23)20(24)27-12-14-6-4-3-5-7-14/h3-9,11,16,19,23H,2,10,12-13H2,1H3,(H,22,25). The lowest BCUT2D eigenvalue weighted by molar-refractivity contribution is -0.156. The minimum absolute atomic E-state index is 0.0207. The van der Waals surface area contributed by atoms with Crippen molar-refractivity contribution in [1.29, 1.82) is 0 Å². The Morgan fingerprint density at radius 1 is 1.07 bits per heavy atom. The third-order valence-corrected chi connectivity index (χ3v) is 4.32. The van der Waals surface area contributed by atoms with E-state index in [0.717, 1.165) is 11.1 Å². The SMILES string of the molecule is CCOC(=O)NC(Cc1ccc2c(c1)OCO2)C(O)C(=O)OCc1ccccc1. The molecule has 8 nitrogen and oxygen atoms in total. The Morgan fingerprint density at radius 2 is 1.83 bits per heavy atom. The van der Waals surface area contributed by atoms with Gasteiger partial charge in [-0.15, -0.1) is 0 Å².